The predicted octanol–water partition coefficient (Wildman–Crippen LogP) is 2.51. The van der Waals surface area contributed by atoms with E-state index in [1.54, 1.807) is 23.6 Å². The van der Waals surface area contributed by atoms with E-state index in [1.807, 2.05) is 16.8 Å². The topological polar surface area (TPSA) is 70.1 Å². The lowest BCUT2D eigenvalue weighted by Gasteiger charge is -2.11. The number of thiophene rings is 1. The summed E-state index contributed by atoms with van der Waals surface area (Å²) in [5.41, 5.74) is 0.927. The smallest absolute Gasteiger partial charge is 0.224 e. The van der Waals surface area contributed by atoms with E-state index in [9.17, 15) is 5.11 Å². The number of aromatic nitrogens is 2. The minimum absolute atomic E-state index is 0.432. The van der Waals surface area contributed by atoms with Crippen LogP contribution in [0.2, 0.25) is 0 Å². The van der Waals surface area contributed by atoms with E-state index in [2.05, 4.69) is 27.5 Å². The van der Waals surface area contributed by atoms with Gasteiger partial charge in [0.1, 0.15) is 5.82 Å². The number of aliphatic hydroxyl groups is 1. The van der Waals surface area contributed by atoms with Gasteiger partial charge in [-0.1, -0.05) is 6.92 Å². The Morgan fingerprint density at radius 2 is 2.26 bits per heavy atom. The van der Waals surface area contributed by atoms with Gasteiger partial charge in [0.05, 0.1) is 6.10 Å². The van der Waals surface area contributed by atoms with Crippen molar-refractivity contribution >= 4 is 23.1 Å². The molecule has 19 heavy (non-hydrogen) atoms. The van der Waals surface area contributed by atoms with Crippen LogP contribution < -0.4 is 10.6 Å². The lowest BCUT2D eigenvalue weighted by Crippen LogP contribution is -2.13. The van der Waals surface area contributed by atoms with Crippen LogP contribution in [0, 0.1) is 0 Å². The van der Waals surface area contributed by atoms with E-state index in [1.165, 1.54) is 0 Å². The van der Waals surface area contributed by atoms with E-state index < -0.39 is 6.10 Å². The van der Waals surface area contributed by atoms with Crippen molar-refractivity contribution in [2.45, 2.75) is 19.4 Å². The van der Waals surface area contributed by atoms with Crippen LogP contribution in [0.4, 0.5) is 11.8 Å². The van der Waals surface area contributed by atoms with Crippen molar-refractivity contribution < 1.29 is 5.11 Å². The maximum absolute atomic E-state index is 9.97. The molecule has 0 bridgehead atoms. The Labute approximate surface area is 116 Å². The first-order valence-corrected chi connectivity index (χ1v) is 7.25. The summed E-state index contributed by atoms with van der Waals surface area (Å²) in [5, 5.41) is 20.1. The van der Waals surface area contributed by atoms with Crippen molar-refractivity contribution in [1.29, 1.82) is 0 Å². The third-order valence-corrected chi connectivity index (χ3v) is 3.29. The van der Waals surface area contributed by atoms with Gasteiger partial charge >= 0.3 is 0 Å². The van der Waals surface area contributed by atoms with Gasteiger partial charge in [-0.2, -0.15) is 16.3 Å². The summed E-state index contributed by atoms with van der Waals surface area (Å²) in [6, 6.07) is 3.71. The minimum Gasteiger partial charge on any atom is -0.387 e. The second-order valence-electron chi connectivity index (χ2n) is 4.15. The van der Waals surface area contributed by atoms with Gasteiger partial charge in [-0.05, 0) is 34.9 Å². The molecule has 2 rings (SSSR count). The van der Waals surface area contributed by atoms with Gasteiger partial charge in [0.2, 0.25) is 5.95 Å². The molecule has 0 aliphatic heterocycles. The van der Waals surface area contributed by atoms with Gasteiger partial charge in [-0.15, -0.1) is 0 Å². The number of nitrogens with zero attached hydrogens (tertiary/aromatic N) is 2. The van der Waals surface area contributed by atoms with Crippen molar-refractivity contribution in [3.63, 3.8) is 0 Å². The summed E-state index contributed by atoms with van der Waals surface area (Å²) in [5.74, 6) is 1.32. The van der Waals surface area contributed by atoms with Crippen LogP contribution in [0.15, 0.2) is 29.1 Å². The van der Waals surface area contributed by atoms with Crippen LogP contribution in [-0.2, 0) is 0 Å². The molecule has 0 aliphatic rings. The fraction of sp³-hybridized carbons (Fsp3) is 0.385. The number of rotatable bonds is 7. The third kappa shape index (κ3) is 4.18. The lowest BCUT2D eigenvalue weighted by molar-refractivity contribution is 0.192. The van der Waals surface area contributed by atoms with Gasteiger partial charge in [-0.25, -0.2) is 4.98 Å². The van der Waals surface area contributed by atoms with Crippen molar-refractivity contribution in [2.75, 3.05) is 23.7 Å². The average molecular weight is 278 g/mol. The van der Waals surface area contributed by atoms with Gasteiger partial charge in [0.25, 0.3) is 0 Å². The maximum Gasteiger partial charge on any atom is 0.224 e. The monoisotopic (exact) mass is 278 g/mol. The van der Waals surface area contributed by atoms with Crippen molar-refractivity contribution in [1.82, 2.24) is 9.97 Å². The van der Waals surface area contributed by atoms with Crippen LogP contribution in [-0.4, -0.2) is 28.2 Å². The van der Waals surface area contributed by atoms with Gasteiger partial charge < -0.3 is 15.7 Å². The molecule has 0 radical (unpaired) electrons. The first-order chi connectivity index (χ1) is 9.29. The van der Waals surface area contributed by atoms with Crippen LogP contribution in [0.5, 0.6) is 0 Å². The molecule has 2 aromatic rings. The molecule has 102 valence electrons. The summed E-state index contributed by atoms with van der Waals surface area (Å²) in [7, 11) is 0. The van der Waals surface area contributed by atoms with E-state index in [4.69, 9.17) is 0 Å². The van der Waals surface area contributed by atoms with Gasteiger partial charge in [0, 0.05) is 19.3 Å². The summed E-state index contributed by atoms with van der Waals surface area (Å²) in [6.07, 6.45) is 2.20. The van der Waals surface area contributed by atoms with Gasteiger partial charge in [-0.3, -0.25) is 0 Å². The fourth-order valence-corrected chi connectivity index (χ4v) is 2.27. The zero-order valence-electron chi connectivity index (χ0n) is 10.8. The molecule has 3 N–H and O–H groups in total. The molecular weight excluding hydrogens is 260 g/mol. The lowest BCUT2D eigenvalue weighted by atomic mass is 10.2. The van der Waals surface area contributed by atoms with Crippen LogP contribution >= 0.6 is 11.3 Å². The largest absolute Gasteiger partial charge is 0.387 e. The Morgan fingerprint density at radius 3 is 3.00 bits per heavy atom. The quantitative estimate of drug-likeness (QED) is 0.726. The first kappa shape index (κ1) is 13.8. The van der Waals surface area contributed by atoms with Crippen molar-refractivity contribution in [3.8, 4) is 0 Å². The molecule has 1 atom stereocenters. The molecule has 2 aromatic heterocycles. The molecule has 0 saturated heterocycles. The van der Waals surface area contributed by atoms with E-state index in [0.29, 0.717) is 18.3 Å². The number of nitrogens with one attached hydrogen (secondary N) is 2. The van der Waals surface area contributed by atoms with Crippen molar-refractivity contribution in [3.05, 3.63) is 34.7 Å². The van der Waals surface area contributed by atoms with Crippen LogP contribution in [0.25, 0.3) is 0 Å². The number of anilines is 2. The second-order valence-corrected chi connectivity index (χ2v) is 4.93. The Bertz CT molecular complexity index is 489. The highest BCUT2D eigenvalue weighted by atomic mass is 32.1. The average Bonchev–Trinajstić information content (AvgIpc) is 2.97. The minimum atomic E-state index is -0.520. The summed E-state index contributed by atoms with van der Waals surface area (Å²) in [4.78, 5) is 8.45. The zero-order valence-corrected chi connectivity index (χ0v) is 11.7. The maximum atomic E-state index is 9.97. The highest BCUT2D eigenvalue weighted by Gasteiger charge is 2.08. The molecule has 0 aliphatic carbocycles. The predicted molar refractivity (Wildman–Crippen MR) is 78.6 cm³/mol. The first-order valence-electron chi connectivity index (χ1n) is 6.30. The Hall–Kier alpha value is -1.66. The molecule has 0 fully saturated rings. The summed E-state index contributed by atoms with van der Waals surface area (Å²) < 4.78 is 0. The molecule has 2 heterocycles. The molecule has 1 unspecified atom stereocenters. The number of hydrogen-bond donors (Lipinski definition) is 3. The van der Waals surface area contributed by atoms with Crippen LogP contribution in [0.3, 0.4) is 0 Å². The standard InChI is InChI=1S/C13H18N4OS/c1-2-5-14-13-15-6-3-12(17-13)16-8-11(18)10-4-7-19-9-10/h3-4,6-7,9,11,18H,2,5,8H2,1H3,(H2,14,15,16,17). The fourth-order valence-electron chi connectivity index (χ4n) is 1.56. The van der Waals surface area contributed by atoms with E-state index in [0.717, 1.165) is 18.5 Å². The van der Waals surface area contributed by atoms with Crippen LogP contribution in [0.1, 0.15) is 25.0 Å². The number of aliphatic hydroxyl groups excluding tert-OH is 1. The second kappa shape index (κ2) is 7.06. The number of hydrogen-bond acceptors (Lipinski definition) is 6. The van der Waals surface area contributed by atoms with Gasteiger partial charge in [0.15, 0.2) is 0 Å². The Morgan fingerprint density at radius 1 is 1.37 bits per heavy atom. The molecule has 6 heteroatoms. The molecule has 0 amide bonds. The Balaban J connectivity index is 1.88. The highest BCUT2D eigenvalue weighted by molar-refractivity contribution is 7.07. The molecule has 0 aromatic carbocycles. The summed E-state index contributed by atoms with van der Waals surface area (Å²) >= 11 is 1.58. The normalized spacial score (nSPS) is 12.1. The van der Waals surface area contributed by atoms with E-state index in [-0.39, 0.29) is 0 Å². The molecule has 0 spiro atoms. The summed E-state index contributed by atoms with van der Waals surface area (Å²) in [6.45, 7) is 3.37. The van der Waals surface area contributed by atoms with E-state index >= 15 is 0 Å². The molecular formula is C13H18N4OS. The Kier molecular flexibility index (Phi) is 5.11. The van der Waals surface area contributed by atoms with Crippen molar-refractivity contribution in [2.24, 2.45) is 0 Å². The molecule has 5 nitrogen and oxygen atoms in total. The molecule has 0 saturated carbocycles. The zero-order chi connectivity index (χ0) is 13.5. The third-order valence-electron chi connectivity index (χ3n) is 2.59. The highest BCUT2D eigenvalue weighted by Crippen LogP contribution is 2.16. The SMILES string of the molecule is CCCNc1nccc(NCC(O)c2ccsc2)n1.